The predicted molar refractivity (Wildman–Crippen MR) is 78.1 cm³/mol. The molecular weight excluding hydrogens is 238 g/mol. The summed E-state index contributed by atoms with van der Waals surface area (Å²) in [5.74, 6) is 1.04. The summed E-state index contributed by atoms with van der Waals surface area (Å²) >= 11 is 0. The van der Waals surface area contributed by atoms with Crippen molar-refractivity contribution < 1.29 is 4.74 Å². The van der Waals surface area contributed by atoms with Gasteiger partial charge in [-0.3, -0.25) is 10.3 Å². The summed E-state index contributed by atoms with van der Waals surface area (Å²) < 4.78 is 5.91. The average Bonchev–Trinajstić information content (AvgIpc) is 2.85. The van der Waals surface area contributed by atoms with Gasteiger partial charge in [0.15, 0.2) is 0 Å². The predicted octanol–water partition coefficient (Wildman–Crippen LogP) is 2.06. The van der Waals surface area contributed by atoms with E-state index in [0.29, 0.717) is 0 Å². The van der Waals surface area contributed by atoms with Gasteiger partial charge < -0.3 is 10.5 Å². The van der Waals surface area contributed by atoms with Crippen molar-refractivity contribution in [2.75, 3.05) is 26.2 Å². The molecule has 0 bridgehead atoms. The second-order valence-electron chi connectivity index (χ2n) is 5.25. The molecule has 1 fully saturated rings. The van der Waals surface area contributed by atoms with E-state index in [1.54, 1.807) is 0 Å². The van der Waals surface area contributed by atoms with Crippen molar-refractivity contribution in [3.8, 4) is 5.75 Å². The number of rotatable bonds is 5. The minimum Gasteiger partial charge on any atom is -0.492 e. The standard InChI is InChI=1S/C15H23N3O/c1-11-9-13(15(16)17)10-12(2)14(11)19-8-7-18-5-3-4-6-18/h9-10H,3-8H2,1-2H3,(H3,16,17). The maximum absolute atomic E-state index is 7.48. The first-order valence-electron chi connectivity index (χ1n) is 6.88. The van der Waals surface area contributed by atoms with Gasteiger partial charge in [-0.25, -0.2) is 0 Å². The molecule has 0 atom stereocenters. The van der Waals surface area contributed by atoms with Crippen LogP contribution < -0.4 is 10.5 Å². The van der Waals surface area contributed by atoms with E-state index in [1.807, 2.05) is 26.0 Å². The van der Waals surface area contributed by atoms with Crippen LogP contribution in [0.1, 0.15) is 29.5 Å². The number of amidine groups is 1. The molecule has 4 nitrogen and oxygen atoms in total. The van der Waals surface area contributed by atoms with Gasteiger partial charge in [0, 0.05) is 12.1 Å². The van der Waals surface area contributed by atoms with Crippen LogP contribution in [0.3, 0.4) is 0 Å². The van der Waals surface area contributed by atoms with E-state index in [4.69, 9.17) is 15.9 Å². The summed E-state index contributed by atoms with van der Waals surface area (Å²) in [5.41, 5.74) is 8.38. The number of ether oxygens (including phenoxy) is 1. The van der Waals surface area contributed by atoms with Crippen LogP contribution in [0.5, 0.6) is 5.75 Å². The van der Waals surface area contributed by atoms with Gasteiger partial charge in [-0.15, -0.1) is 0 Å². The minimum absolute atomic E-state index is 0.106. The molecule has 1 aliphatic heterocycles. The monoisotopic (exact) mass is 261 g/mol. The lowest BCUT2D eigenvalue weighted by atomic mass is 10.1. The van der Waals surface area contributed by atoms with Gasteiger partial charge in [0.1, 0.15) is 18.2 Å². The number of benzene rings is 1. The maximum Gasteiger partial charge on any atom is 0.125 e. The maximum atomic E-state index is 7.48. The van der Waals surface area contributed by atoms with Crippen molar-refractivity contribution in [2.24, 2.45) is 5.73 Å². The van der Waals surface area contributed by atoms with Crippen LogP contribution in [-0.4, -0.2) is 37.0 Å². The molecule has 4 heteroatoms. The van der Waals surface area contributed by atoms with Crippen LogP contribution in [0.2, 0.25) is 0 Å². The van der Waals surface area contributed by atoms with E-state index < -0.39 is 0 Å². The van der Waals surface area contributed by atoms with Gasteiger partial charge in [0.2, 0.25) is 0 Å². The zero-order valence-electron chi connectivity index (χ0n) is 11.8. The number of hydrogen-bond donors (Lipinski definition) is 2. The normalized spacial score (nSPS) is 15.7. The number of hydrogen-bond acceptors (Lipinski definition) is 3. The Morgan fingerprint density at radius 3 is 2.37 bits per heavy atom. The quantitative estimate of drug-likeness (QED) is 0.630. The third-order valence-corrected chi connectivity index (χ3v) is 3.62. The molecule has 0 aliphatic carbocycles. The van der Waals surface area contributed by atoms with E-state index in [9.17, 15) is 0 Å². The average molecular weight is 261 g/mol. The Morgan fingerprint density at radius 2 is 1.84 bits per heavy atom. The second-order valence-corrected chi connectivity index (χ2v) is 5.25. The molecule has 1 aromatic rings. The van der Waals surface area contributed by atoms with Crippen LogP contribution in [0.25, 0.3) is 0 Å². The van der Waals surface area contributed by atoms with Gasteiger partial charge in [-0.1, -0.05) is 0 Å². The first kappa shape index (κ1) is 13.9. The van der Waals surface area contributed by atoms with Crippen LogP contribution >= 0.6 is 0 Å². The highest BCUT2D eigenvalue weighted by molar-refractivity contribution is 5.95. The number of nitrogens with zero attached hydrogens (tertiary/aromatic N) is 1. The number of nitrogens with two attached hydrogens (primary N) is 1. The summed E-state index contributed by atoms with van der Waals surface area (Å²) in [5, 5.41) is 7.48. The van der Waals surface area contributed by atoms with Crippen LogP contribution in [0.4, 0.5) is 0 Å². The zero-order chi connectivity index (χ0) is 13.8. The molecule has 3 N–H and O–H groups in total. The third kappa shape index (κ3) is 3.47. The summed E-state index contributed by atoms with van der Waals surface area (Å²) in [4.78, 5) is 2.44. The van der Waals surface area contributed by atoms with Crippen LogP contribution in [-0.2, 0) is 0 Å². The molecule has 0 unspecified atom stereocenters. The highest BCUT2D eigenvalue weighted by Crippen LogP contribution is 2.24. The summed E-state index contributed by atoms with van der Waals surface area (Å²) in [7, 11) is 0. The molecule has 1 aromatic carbocycles. The Bertz CT molecular complexity index is 441. The fourth-order valence-corrected chi connectivity index (χ4v) is 2.62. The van der Waals surface area contributed by atoms with Crippen molar-refractivity contribution in [2.45, 2.75) is 26.7 Å². The first-order valence-corrected chi connectivity index (χ1v) is 6.88. The molecule has 1 saturated heterocycles. The molecule has 0 amide bonds. The van der Waals surface area contributed by atoms with Gasteiger partial charge in [-0.2, -0.15) is 0 Å². The van der Waals surface area contributed by atoms with Crippen molar-refractivity contribution in [1.82, 2.24) is 4.90 Å². The van der Waals surface area contributed by atoms with Gasteiger partial charge in [0.05, 0.1) is 0 Å². The number of likely N-dealkylation sites (tertiary alicyclic amines) is 1. The molecule has 0 spiro atoms. The SMILES string of the molecule is Cc1cc(C(=N)N)cc(C)c1OCCN1CCCC1. The van der Waals surface area contributed by atoms with Gasteiger partial charge in [0.25, 0.3) is 0 Å². The smallest absolute Gasteiger partial charge is 0.125 e. The third-order valence-electron chi connectivity index (χ3n) is 3.62. The number of aryl methyl sites for hydroxylation is 2. The molecule has 19 heavy (non-hydrogen) atoms. The molecule has 0 saturated carbocycles. The fraction of sp³-hybridized carbons (Fsp3) is 0.533. The molecule has 1 aliphatic rings. The topological polar surface area (TPSA) is 62.3 Å². The highest BCUT2D eigenvalue weighted by atomic mass is 16.5. The largest absolute Gasteiger partial charge is 0.492 e. The zero-order valence-corrected chi connectivity index (χ0v) is 11.8. The van der Waals surface area contributed by atoms with Crippen molar-refractivity contribution in [1.29, 1.82) is 5.41 Å². The van der Waals surface area contributed by atoms with Gasteiger partial charge in [-0.05, 0) is 63.0 Å². The molecule has 2 rings (SSSR count). The van der Waals surface area contributed by atoms with Crippen LogP contribution in [0.15, 0.2) is 12.1 Å². The highest BCUT2D eigenvalue weighted by Gasteiger charge is 2.12. The summed E-state index contributed by atoms with van der Waals surface area (Å²) in [6.07, 6.45) is 2.62. The van der Waals surface area contributed by atoms with E-state index in [1.165, 1.54) is 25.9 Å². The van der Waals surface area contributed by atoms with Crippen molar-refractivity contribution in [3.63, 3.8) is 0 Å². The lowest BCUT2D eigenvalue weighted by Gasteiger charge is -2.17. The lowest BCUT2D eigenvalue weighted by Crippen LogP contribution is -2.25. The molecule has 1 heterocycles. The Kier molecular flexibility index (Phi) is 4.43. The molecular formula is C15H23N3O. The first-order chi connectivity index (χ1) is 9.08. The molecule has 0 radical (unpaired) electrons. The second kappa shape index (κ2) is 6.06. The minimum atomic E-state index is 0.106. The van der Waals surface area contributed by atoms with Crippen LogP contribution in [0, 0.1) is 19.3 Å². The Hall–Kier alpha value is -1.55. The van der Waals surface area contributed by atoms with Gasteiger partial charge >= 0.3 is 0 Å². The molecule has 104 valence electrons. The Balaban J connectivity index is 1.97. The molecule has 0 aromatic heterocycles. The van der Waals surface area contributed by atoms with E-state index in [2.05, 4.69) is 4.90 Å². The van der Waals surface area contributed by atoms with Crippen molar-refractivity contribution in [3.05, 3.63) is 28.8 Å². The summed E-state index contributed by atoms with van der Waals surface area (Å²) in [6.45, 7) is 8.12. The summed E-state index contributed by atoms with van der Waals surface area (Å²) in [6, 6.07) is 3.83. The lowest BCUT2D eigenvalue weighted by molar-refractivity contribution is 0.236. The number of nitrogen functional groups attached to an aromatic ring is 1. The van der Waals surface area contributed by atoms with E-state index in [0.717, 1.165) is 35.6 Å². The van der Waals surface area contributed by atoms with E-state index in [-0.39, 0.29) is 5.84 Å². The number of nitrogens with one attached hydrogen (secondary N) is 1. The van der Waals surface area contributed by atoms with Crippen molar-refractivity contribution >= 4 is 5.84 Å². The fourth-order valence-electron chi connectivity index (χ4n) is 2.62. The Morgan fingerprint density at radius 1 is 1.26 bits per heavy atom. The van der Waals surface area contributed by atoms with E-state index >= 15 is 0 Å². The Labute approximate surface area is 115 Å².